The van der Waals surface area contributed by atoms with E-state index in [9.17, 15) is 9.59 Å². The monoisotopic (exact) mass is 424 g/mol. The van der Waals surface area contributed by atoms with Crippen molar-refractivity contribution in [3.8, 4) is 17.0 Å². The van der Waals surface area contributed by atoms with Gasteiger partial charge in [-0.3, -0.25) is 14.2 Å². The summed E-state index contributed by atoms with van der Waals surface area (Å²) in [5.74, 6) is 0.744. The number of benzene rings is 1. The fraction of sp³-hybridized carbons (Fsp3) is 0.200. The van der Waals surface area contributed by atoms with Crippen LogP contribution < -0.4 is 15.6 Å². The van der Waals surface area contributed by atoms with Gasteiger partial charge < -0.3 is 10.1 Å². The van der Waals surface area contributed by atoms with Gasteiger partial charge in [-0.15, -0.1) is 22.7 Å². The topological polar surface area (TPSA) is 86.1 Å². The van der Waals surface area contributed by atoms with Crippen molar-refractivity contribution in [2.75, 3.05) is 11.9 Å². The molecule has 1 aromatic carbocycles. The van der Waals surface area contributed by atoms with Gasteiger partial charge in [-0.2, -0.15) is 0 Å². The summed E-state index contributed by atoms with van der Waals surface area (Å²) in [5, 5.41) is 7.70. The lowest BCUT2D eigenvalue weighted by Gasteiger charge is -2.05. The Morgan fingerprint density at radius 3 is 3.14 bits per heavy atom. The van der Waals surface area contributed by atoms with Gasteiger partial charge >= 0.3 is 0 Å². The number of carbonyl (C=O) groups is 1. The minimum Gasteiger partial charge on any atom is -0.493 e. The van der Waals surface area contributed by atoms with Gasteiger partial charge in [-0.1, -0.05) is 0 Å². The van der Waals surface area contributed by atoms with E-state index in [2.05, 4.69) is 21.4 Å². The minimum atomic E-state index is -0.189. The summed E-state index contributed by atoms with van der Waals surface area (Å²) in [6.07, 6.45) is 2.57. The van der Waals surface area contributed by atoms with Gasteiger partial charge in [-0.05, 0) is 35.2 Å². The third-order valence-electron chi connectivity index (χ3n) is 4.77. The molecule has 29 heavy (non-hydrogen) atoms. The molecule has 5 rings (SSSR count). The van der Waals surface area contributed by atoms with Crippen molar-refractivity contribution in [2.24, 2.45) is 0 Å². The van der Waals surface area contributed by atoms with Gasteiger partial charge in [0.15, 0.2) is 5.13 Å². The number of thiazole rings is 1. The zero-order valence-corrected chi connectivity index (χ0v) is 16.9. The lowest BCUT2D eigenvalue weighted by molar-refractivity contribution is -0.116. The minimum absolute atomic E-state index is 0.124. The first kappa shape index (κ1) is 18.0. The van der Waals surface area contributed by atoms with E-state index in [4.69, 9.17) is 4.74 Å². The first-order valence-corrected chi connectivity index (χ1v) is 10.9. The fourth-order valence-electron chi connectivity index (χ4n) is 3.27. The maximum Gasteiger partial charge on any atom is 0.262 e. The van der Waals surface area contributed by atoms with Crippen LogP contribution in [0.15, 0.2) is 46.1 Å². The Morgan fingerprint density at radius 2 is 2.21 bits per heavy atom. The normalized spacial score (nSPS) is 12.7. The number of anilines is 1. The van der Waals surface area contributed by atoms with Crippen LogP contribution in [0.5, 0.6) is 5.75 Å². The Labute approximate surface area is 173 Å². The number of hydrogen-bond donors (Lipinski definition) is 1. The highest BCUT2D eigenvalue weighted by Crippen LogP contribution is 2.31. The molecule has 1 N–H and O–H groups in total. The van der Waals surface area contributed by atoms with Crippen molar-refractivity contribution < 1.29 is 9.53 Å². The smallest absolute Gasteiger partial charge is 0.262 e. The molecule has 1 amide bonds. The van der Waals surface area contributed by atoms with Crippen LogP contribution in [0.4, 0.5) is 5.13 Å². The second-order valence-electron chi connectivity index (χ2n) is 6.64. The van der Waals surface area contributed by atoms with Gasteiger partial charge in [0.05, 0.1) is 24.0 Å². The first-order valence-electron chi connectivity index (χ1n) is 9.11. The molecule has 0 spiro atoms. The molecule has 1 aliphatic rings. The van der Waals surface area contributed by atoms with Crippen LogP contribution in [0.25, 0.3) is 21.5 Å². The number of thiophene rings is 1. The maximum absolute atomic E-state index is 12.4. The van der Waals surface area contributed by atoms with Crippen molar-refractivity contribution in [2.45, 2.75) is 19.4 Å². The number of hydrogen-bond acceptors (Lipinski definition) is 7. The van der Waals surface area contributed by atoms with Crippen LogP contribution in [-0.4, -0.2) is 27.0 Å². The molecule has 9 heteroatoms. The van der Waals surface area contributed by atoms with Crippen LogP contribution >= 0.6 is 22.7 Å². The van der Waals surface area contributed by atoms with E-state index < -0.39 is 0 Å². The Morgan fingerprint density at radius 1 is 1.28 bits per heavy atom. The molecule has 3 aromatic heterocycles. The molecule has 0 radical (unpaired) electrons. The Balaban J connectivity index is 1.24. The highest BCUT2D eigenvalue weighted by Gasteiger charge is 2.15. The number of aromatic nitrogens is 3. The molecular formula is C20H16N4O3S2. The average Bonchev–Trinajstić information content (AvgIpc) is 3.47. The Bertz CT molecular complexity index is 1270. The Kier molecular flexibility index (Phi) is 4.61. The lowest BCUT2D eigenvalue weighted by Crippen LogP contribution is -2.23. The average molecular weight is 425 g/mol. The number of ether oxygens (including phenoxy) is 1. The summed E-state index contributed by atoms with van der Waals surface area (Å²) < 4.78 is 7.00. The molecule has 0 atom stereocenters. The number of fused-ring (bicyclic) bond motifs is 2. The van der Waals surface area contributed by atoms with E-state index in [1.54, 1.807) is 6.07 Å². The molecule has 0 saturated heterocycles. The van der Waals surface area contributed by atoms with Crippen LogP contribution in [0.3, 0.4) is 0 Å². The molecule has 1 aliphatic heterocycles. The number of nitrogens with zero attached hydrogens (tertiary/aromatic N) is 3. The summed E-state index contributed by atoms with van der Waals surface area (Å²) >= 11 is 2.81. The largest absolute Gasteiger partial charge is 0.493 e. The zero-order chi connectivity index (χ0) is 19.8. The van der Waals surface area contributed by atoms with Crippen LogP contribution in [0, 0.1) is 0 Å². The molecule has 0 bridgehead atoms. The summed E-state index contributed by atoms with van der Waals surface area (Å²) in [7, 11) is 0. The number of carbonyl (C=O) groups excluding carboxylic acids is 1. The quantitative estimate of drug-likeness (QED) is 0.530. The first-order chi connectivity index (χ1) is 14.2. The van der Waals surface area contributed by atoms with E-state index in [0.717, 1.165) is 30.0 Å². The van der Waals surface area contributed by atoms with E-state index >= 15 is 0 Å². The van der Waals surface area contributed by atoms with Gasteiger partial charge in [-0.25, -0.2) is 9.97 Å². The van der Waals surface area contributed by atoms with Crippen molar-refractivity contribution in [1.29, 1.82) is 0 Å². The van der Waals surface area contributed by atoms with E-state index in [1.807, 2.05) is 22.9 Å². The van der Waals surface area contributed by atoms with Gasteiger partial charge in [0.25, 0.3) is 5.56 Å². The van der Waals surface area contributed by atoms with Crippen molar-refractivity contribution in [1.82, 2.24) is 14.5 Å². The third kappa shape index (κ3) is 3.54. The predicted molar refractivity (Wildman–Crippen MR) is 114 cm³/mol. The predicted octanol–water partition coefficient (Wildman–Crippen LogP) is 3.55. The summed E-state index contributed by atoms with van der Waals surface area (Å²) in [6, 6.07) is 7.78. The molecular weight excluding hydrogens is 408 g/mol. The van der Waals surface area contributed by atoms with Gasteiger partial charge in [0, 0.05) is 30.3 Å². The molecule has 146 valence electrons. The molecule has 4 heterocycles. The molecule has 0 aliphatic carbocycles. The SMILES string of the molecule is O=C(CCn1cnc2sccc2c1=O)Nc1nc(-c2ccc3c(c2)CCO3)cs1. The van der Waals surface area contributed by atoms with Crippen molar-refractivity contribution >= 4 is 43.9 Å². The van der Waals surface area contributed by atoms with Gasteiger partial charge in [0.2, 0.25) is 5.91 Å². The van der Waals surface area contributed by atoms with Crippen molar-refractivity contribution in [3.63, 3.8) is 0 Å². The molecule has 0 saturated carbocycles. The number of nitrogens with one attached hydrogen (secondary N) is 1. The number of rotatable bonds is 5. The number of amides is 1. The molecule has 0 fully saturated rings. The fourth-order valence-corrected chi connectivity index (χ4v) is 4.73. The second-order valence-corrected chi connectivity index (χ2v) is 8.39. The number of aryl methyl sites for hydroxylation is 1. The van der Waals surface area contributed by atoms with E-state index in [1.165, 1.54) is 39.1 Å². The second kappa shape index (κ2) is 7.41. The molecule has 7 nitrogen and oxygen atoms in total. The third-order valence-corrected chi connectivity index (χ3v) is 6.34. The van der Waals surface area contributed by atoms with Crippen LogP contribution in [0.2, 0.25) is 0 Å². The Hall–Kier alpha value is -3.04. The van der Waals surface area contributed by atoms with Crippen molar-refractivity contribution in [3.05, 3.63) is 57.3 Å². The molecule has 4 aromatic rings. The summed E-state index contributed by atoms with van der Waals surface area (Å²) in [4.78, 5) is 34.2. The summed E-state index contributed by atoms with van der Waals surface area (Å²) in [6.45, 7) is 0.988. The highest BCUT2D eigenvalue weighted by molar-refractivity contribution is 7.16. The maximum atomic E-state index is 12.4. The standard InChI is InChI=1S/C20H16N4O3S2/c25-17(3-6-24-11-21-18-14(19(24)26)5-8-28-18)23-20-22-15(10-29-20)12-1-2-16-13(9-12)4-7-27-16/h1-2,5,8-11H,3-4,6-7H2,(H,22,23,25). The lowest BCUT2D eigenvalue weighted by atomic mass is 10.1. The van der Waals surface area contributed by atoms with Gasteiger partial charge in [0.1, 0.15) is 10.6 Å². The van der Waals surface area contributed by atoms with Crippen LogP contribution in [-0.2, 0) is 17.8 Å². The van der Waals surface area contributed by atoms with E-state index in [-0.39, 0.29) is 24.4 Å². The summed E-state index contributed by atoms with van der Waals surface area (Å²) in [5.41, 5.74) is 2.89. The van der Waals surface area contributed by atoms with Crippen LogP contribution in [0.1, 0.15) is 12.0 Å². The molecule has 0 unspecified atom stereocenters. The zero-order valence-electron chi connectivity index (χ0n) is 15.3. The van der Waals surface area contributed by atoms with E-state index in [0.29, 0.717) is 15.3 Å². The highest BCUT2D eigenvalue weighted by atomic mass is 32.1.